The summed E-state index contributed by atoms with van der Waals surface area (Å²) in [5.41, 5.74) is -0.413. The number of hydrogen-bond acceptors (Lipinski definition) is 0. The van der Waals surface area contributed by atoms with Crippen molar-refractivity contribution in [2.45, 2.75) is 6.92 Å². The van der Waals surface area contributed by atoms with Crippen LogP contribution in [0.2, 0.25) is 10.0 Å². The van der Waals surface area contributed by atoms with Crippen LogP contribution in [-0.4, -0.2) is 6.98 Å². The van der Waals surface area contributed by atoms with Crippen molar-refractivity contribution in [2.75, 3.05) is 0 Å². The van der Waals surface area contributed by atoms with Gasteiger partial charge in [-0.15, -0.1) is 0 Å². The first-order chi connectivity index (χ1) is 5.82. The molecule has 0 radical (unpaired) electrons. The second-order valence-electron chi connectivity index (χ2n) is 2.70. The minimum atomic E-state index is -5.05. The third-order valence-electron chi connectivity index (χ3n) is 1.63. The van der Waals surface area contributed by atoms with Gasteiger partial charge in [0.2, 0.25) is 0 Å². The third kappa shape index (κ3) is 3.70. The van der Waals surface area contributed by atoms with Crippen molar-refractivity contribution in [3.63, 3.8) is 0 Å². The summed E-state index contributed by atoms with van der Waals surface area (Å²) in [6, 6.07) is 2.08. The van der Waals surface area contributed by atoms with Crippen molar-refractivity contribution in [1.29, 1.82) is 0 Å². The molecule has 14 heavy (non-hydrogen) atoms. The van der Waals surface area contributed by atoms with E-state index < -0.39 is 12.4 Å². The average Bonchev–Trinajstić information content (AvgIpc) is 1.94. The number of benzene rings is 1. The van der Waals surface area contributed by atoms with Gasteiger partial charge in [-0.05, 0) is 18.6 Å². The maximum absolute atomic E-state index is 12.3. The van der Waals surface area contributed by atoms with E-state index in [1.54, 1.807) is 0 Å². The fourth-order valence-corrected chi connectivity index (χ4v) is 1.44. The first kappa shape index (κ1) is 15.3. The van der Waals surface area contributed by atoms with Crippen LogP contribution < -0.4 is 56.8 Å². The van der Waals surface area contributed by atoms with E-state index in [1.165, 1.54) is 6.92 Å². The Labute approximate surface area is 133 Å². The van der Waals surface area contributed by atoms with Crippen LogP contribution in [0.3, 0.4) is 0 Å². The van der Waals surface area contributed by atoms with Gasteiger partial charge in [-0.1, -0.05) is 34.7 Å². The van der Waals surface area contributed by atoms with Crippen molar-refractivity contribution >= 4 is 35.6 Å². The second-order valence-corrected chi connectivity index (χ2v) is 3.51. The Morgan fingerprint density at radius 3 is 2.00 bits per heavy atom. The minimum absolute atomic E-state index is 0. The first-order valence-corrected chi connectivity index (χ1v) is 4.23. The Morgan fingerprint density at radius 2 is 1.57 bits per heavy atom. The van der Waals surface area contributed by atoms with Crippen LogP contribution in [0, 0.1) is 6.92 Å². The molecule has 0 heterocycles. The van der Waals surface area contributed by atoms with E-state index in [9.17, 15) is 12.9 Å². The zero-order chi connectivity index (χ0) is 10.2. The predicted octanol–water partition coefficient (Wildman–Crippen LogP) is 0.360. The van der Waals surface area contributed by atoms with Crippen LogP contribution >= 0.6 is 23.2 Å². The van der Waals surface area contributed by atoms with Gasteiger partial charge in [0.1, 0.15) is 0 Å². The molecule has 0 N–H and O–H groups in total. The molecule has 1 aromatic rings. The summed E-state index contributed by atoms with van der Waals surface area (Å²) < 4.78 is 36.9. The zero-order valence-corrected chi connectivity index (χ0v) is 12.3. The van der Waals surface area contributed by atoms with Crippen LogP contribution in [0.5, 0.6) is 0 Å². The Morgan fingerprint density at radius 1 is 1.07 bits per heavy atom. The molecule has 0 saturated carbocycles. The standard InChI is InChI=1S/C7H5BCl2F3.K/c1-4-2-5(8(11,12)13)7(10)3-6(4)9;/h2-3H,1H3;/q-1;+1. The van der Waals surface area contributed by atoms with Gasteiger partial charge in [-0.3, -0.25) is 0 Å². The van der Waals surface area contributed by atoms with E-state index in [1.807, 2.05) is 0 Å². The number of aryl methyl sites for hydroxylation is 1. The van der Waals surface area contributed by atoms with Crippen LogP contribution in [0.1, 0.15) is 5.56 Å². The molecule has 0 fully saturated rings. The van der Waals surface area contributed by atoms with Gasteiger partial charge in [0, 0.05) is 10.0 Å². The van der Waals surface area contributed by atoms with Gasteiger partial charge in [-0.2, -0.15) is 0 Å². The first-order valence-electron chi connectivity index (χ1n) is 3.48. The van der Waals surface area contributed by atoms with Gasteiger partial charge in [0.05, 0.1) is 0 Å². The molecule has 0 spiro atoms. The average molecular weight is 267 g/mol. The van der Waals surface area contributed by atoms with Crippen LogP contribution in [0.15, 0.2) is 12.1 Å². The third-order valence-corrected chi connectivity index (χ3v) is 2.37. The fraction of sp³-hybridized carbons (Fsp3) is 0.143. The molecule has 0 unspecified atom stereocenters. The molecule has 0 bridgehead atoms. The predicted molar refractivity (Wildman–Crippen MR) is 49.9 cm³/mol. The van der Waals surface area contributed by atoms with Gasteiger partial charge < -0.3 is 12.9 Å². The number of halogens is 5. The summed E-state index contributed by atoms with van der Waals surface area (Å²) in [7, 11) is 0. The van der Waals surface area contributed by atoms with Crippen molar-refractivity contribution in [2.24, 2.45) is 0 Å². The second kappa shape index (κ2) is 5.57. The van der Waals surface area contributed by atoms with Crippen LogP contribution in [-0.2, 0) is 0 Å². The Hall–Kier alpha value is 1.29. The minimum Gasteiger partial charge on any atom is -0.445 e. The molecular formula is C7H5BCl2F3K. The van der Waals surface area contributed by atoms with E-state index in [-0.39, 0.29) is 61.4 Å². The molecule has 0 saturated heterocycles. The van der Waals surface area contributed by atoms with Crippen molar-refractivity contribution in [3.8, 4) is 0 Å². The topological polar surface area (TPSA) is 0 Å². The van der Waals surface area contributed by atoms with Crippen LogP contribution in [0.4, 0.5) is 12.9 Å². The monoisotopic (exact) mass is 266 g/mol. The van der Waals surface area contributed by atoms with E-state index in [0.29, 0.717) is 5.56 Å². The smallest absolute Gasteiger partial charge is 0.445 e. The fourth-order valence-electron chi connectivity index (χ4n) is 0.930. The summed E-state index contributed by atoms with van der Waals surface area (Å²) in [6.45, 7) is -3.55. The summed E-state index contributed by atoms with van der Waals surface area (Å²) in [6.07, 6.45) is 0. The van der Waals surface area contributed by atoms with Crippen molar-refractivity contribution in [3.05, 3.63) is 27.7 Å². The molecule has 0 aliphatic carbocycles. The maximum Gasteiger partial charge on any atom is 1.00 e. The molecular weight excluding hydrogens is 262 g/mol. The molecule has 0 atom stereocenters. The van der Waals surface area contributed by atoms with Gasteiger partial charge in [0.25, 0.3) is 0 Å². The summed E-state index contributed by atoms with van der Waals surface area (Å²) in [4.78, 5) is 0. The van der Waals surface area contributed by atoms with Crippen molar-refractivity contribution < 1.29 is 64.3 Å². The van der Waals surface area contributed by atoms with E-state index >= 15 is 0 Å². The molecule has 7 heteroatoms. The largest absolute Gasteiger partial charge is 1.00 e. The Bertz CT molecular complexity index is 340. The molecule has 0 aliphatic rings. The van der Waals surface area contributed by atoms with E-state index in [4.69, 9.17) is 23.2 Å². The normalized spacial score (nSPS) is 11.0. The van der Waals surface area contributed by atoms with Gasteiger partial charge in [0.15, 0.2) is 0 Å². The van der Waals surface area contributed by atoms with Gasteiger partial charge in [-0.25, -0.2) is 0 Å². The summed E-state index contributed by atoms with van der Waals surface area (Å²) in [5.74, 6) is 0. The molecule has 0 aliphatic heterocycles. The molecule has 1 aromatic carbocycles. The summed E-state index contributed by atoms with van der Waals surface area (Å²) in [5, 5.41) is -0.100. The Balaban J connectivity index is 0.00000169. The summed E-state index contributed by atoms with van der Waals surface area (Å²) >= 11 is 11.0. The molecule has 0 nitrogen and oxygen atoms in total. The zero-order valence-electron chi connectivity index (χ0n) is 7.62. The molecule has 0 amide bonds. The van der Waals surface area contributed by atoms with E-state index in [0.717, 1.165) is 12.1 Å². The molecule has 72 valence electrons. The number of rotatable bonds is 1. The van der Waals surface area contributed by atoms with Gasteiger partial charge >= 0.3 is 58.4 Å². The molecule has 0 aromatic heterocycles. The van der Waals surface area contributed by atoms with Crippen molar-refractivity contribution in [1.82, 2.24) is 0 Å². The quantitative estimate of drug-likeness (QED) is 0.644. The maximum atomic E-state index is 12.3. The molecule has 1 rings (SSSR count). The van der Waals surface area contributed by atoms with E-state index in [2.05, 4.69) is 0 Å². The Kier molecular flexibility index (Phi) is 6.08. The number of hydrogen-bond donors (Lipinski definition) is 0. The SMILES string of the molecule is Cc1cc([B-](F)(F)F)c(Cl)cc1Cl.[K+]. The van der Waals surface area contributed by atoms with Crippen LogP contribution in [0.25, 0.3) is 0 Å².